The van der Waals surface area contributed by atoms with Gasteiger partial charge in [0.2, 0.25) is 11.6 Å². The third-order valence-electron chi connectivity index (χ3n) is 4.34. The maximum atomic E-state index is 12.3. The zero-order valence-corrected chi connectivity index (χ0v) is 16.2. The smallest absolute Gasteiger partial charge is 0.543 e. The van der Waals surface area contributed by atoms with E-state index in [4.69, 9.17) is 4.74 Å². The zero-order valence-electron chi connectivity index (χ0n) is 13.4. The average molecular weight is 374 g/mol. The maximum Gasteiger partial charge on any atom is 1.00 e. The van der Waals surface area contributed by atoms with Gasteiger partial charge in [-0.15, -0.1) is 5.10 Å². The molecule has 0 spiro atoms. The van der Waals surface area contributed by atoms with E-state index < -0.39 is 30.1 Å². The van der Waals surface area contributed by atoms with Crippen molar-refractivity contribution in [1.29, 1.82) is 0 Å². The summed E-state index contributed by atoms with van der Waals surface area (Å²) in [4.78, 5) is 37.3. The minimum atomic E-state index is -1.44. The van der Waals surface area contributed by atoms with Gasteiger partial charge in [-0.2, -0.15) is 0 Å². The van der Waals surface area contributed by atoms with E-state index in [1.165, 1.54) is 21.3 Å². The molecule has 13 heteroatoms. The molecule has 3 aliphatic heterocycles. The number of β-lactam (4-membered cyclic amide) rings is 1. The second kappa shape index (κ2) is 6.68. The molecule has 3 aliphatic rings. The summed E-state index contributed by atoms with van der Waals surface area (Å²) in [6, 6.07) is -1.20. The predicted octanol–water partition coefficient (Wildman–Crippen LogP) is -6.28. The summed E-state index contributed by atoms with van der Waals surface area (Å²) < 4.78 is 7.08. The molecule has 0 N–H and O–H groups in total. The number of hydrogen-bond acceptors (Lipinski definition) is 9. The van der Waals surface area contributed by atoms with Gasteiger partial charge in [0.25, 0.3) is 5.91 Å². The Labute approximate surface area is 167 Å². The number of carboxylic acid groups (broad SMARTS) is 1. The number of rotatable bonds is 5. The summed E-state index contributed by atoms with van der Waals surface area (Å²) in [7, 11) is 1.66. The molecule has 4 heterocycles. The molecule has 11 nitrogen and oxygen atoms in total. The molecule has 25 heavy (non-hydrogen) atoms. The molecule has 4 rings (SSSR count). The number of ether oxygens (including phenoxy) is 1. The molecule has 3 atom stereocenters. The normalized spacial score (nSPS) is 26.9. The SMILES string of the molecule is Cn1nnnc1SCC1=C(C(=O)[O-])N2C(=O)[C@@H]3[C@H]2C1OCN3C=O.[Na+]. The molecule has 0 saturated carbocycles. The third kappa shape index (κ3) is 2.59. The number of tetrazole rings is 1. The first-order valence-electron chi connectivity index (χ1n) is 7.00. The van der Waals surface area contributed by atoms with Crippen LogP contribution in [0.2, 0.25) is 0 Å². The molecular weight excluding hydrogens is 363 g/mol. The van der Waals surface area contributed by atoms with Gasteiger partial charge in [0, 0.05) is 12.8 Å². The van der Waals surface area contributed by atoms with E-state index in [0.717, 1.165) is 4.90 Å². The number of aryl methyl sites for hydroxylation is 1. The number of carboxylic acids is 1. The number of aliphatic carboxylic acids is 1. The Balaban J connectivity index is 0.00000182. The molecule has 2 amide bonds. The van der Waals surface area contributed by atoms with Crippen molar-refractivity contribution in [1.82, 2.24) is 30.0 Å². The van der Waals surface area contributed by atoms with Gasteiger partial charge in [-0.25, -0.2) is 4.68 Å². The van der Waals surface area contributed by atoms with Crippen molar-refractivity contribution in [3.05, 3.63) is 11.3 Å². The summed E-state index contributed by atoms with van der Waals surface area (Å²) >= 11 is 1.23. The summed E-state index contributed by atoms with van der Waals surface area (Å²) in [6.45, 7) is -0.0606. The average Bonchev–Trinajstić information content (AvgIpc) is 3.11. The first-order valence-corrected chi connectivity index (χ1v) is 7.98. The van der Waals surface area contributed by atoms with E-state index in [1.54, 1.807) is 7.05 Å². The van der Waals surface area contributed by atoms with Gasteiger partial charge in [-0.05, 0) is 16.0 Å². The third-order valence-corrected chi connectivity index (χ3v) is 5.40. The van der Waals surface area contributed by atoms with E-state index in [9.17, 15) is 19.5 Å². The van der Waals surface area contributed by atoms with Crippen LogP contribution in [0.15, 0.2) is 16.4 Å². The fourth-order valence-electron chi connectivity index (χ4n) is 3.30. The molecule has 2 saturated heterocycles. The Kier molecular flexibility index (Phi) is 4.90. The van der Waals surface area contributed by atoms with Crippen molar-refractivity contribution in [3.8, 4) is 0 Å². The van der Waals surface area contributed by atoms with E-state index in [2.05, 4.69) is 15.5 Å². The second-order valence-corrected chi connectivity index (χ2v) is 6.46. The van der Waals surface area contributed by atoms with Crippen molar-refractivity contribution < 1.29 is 53.8 Å². The van der Waals surface area contributed by atoms with Gasteiger partial charge in [0.1, 0.15) is 18.9 Å². The summed E-state index contributed by atoms with van der Waals surface area (Å²) in [5.41, 5.74) is 0.260. The molecule has 0 aromatic carbocycles. The summed E-state index contributed by atoms with van der Waals surface area (Å²) in [6.07, 6.45) is -0.0437. The first kappa shape index (κ1) is 18.3. The minimum absolute atomic E-state index is 0. The quantitative estimate of drug-likeness (QED) is 0.213. The minimum Gasteiger partial charge on any atom is -0.543 e. The number of carbonyl (C=O) groups is 3. The molecule has 0 bridgehead atoms. The van der Waals surface area contributed by atoms with Crippen molar-refractivity contribution >= 4 is 30.0 Å². The molecule has 0 aliphatic carbocycles. The Morgan fingerprint density at radius 3 is 2.88 bits per heavy atom. The molecule has 1 aromatic heterocycles. The number of nitrogens with zero attached hydrogens (tertiary/aromatic N) is 6. The second-order valence-electron chi connectivity index (χ2n) is 5.51. The number of carbonyl (C=O) groups excluding carboxylic acids is 3. The number of thioether (sulfide) groups is 1. The Hall–Kier alpha value is -1.47. The molecule has 2 fully saturated rings. The van der Waals surface area contributed by atoms with Gasteiger partial charge in [-0.1, -0.05) is 11.8 Å². The van der Waals surface area contributed by atoms with E-state index in [-0.39, 0.29) is 47.7 Å². The first-order chi connectivity index (χ1) is 11.5. The largest absolute Gasteiger partial charge is 1.00 e. The molecule has 0 radical (unpaired) electrons. The van der Waals surface area contributed by atoms with Gasteiger partial charge < -0.3 is 19.5 Å². The van der Waals surface area contributed by atoms with Gasteiger partial charge in [0.15, 0.2) is 0 Å². The van der Waals surface area contributed by atoms with Gasteiger partial charge in [-0.3, -0.25) is 14.5 Å². The summed E-state index contributed by atoms with van der Waals surface area (Å²) in [5.74, 6) is -1.64. The van der Waals surface area contributed by atoms with Crippen LogP contribution in [0.1, 0.15) is 0 Å². The van der Waals surface area contributed by atoms with Gasteiger partial charge >= 0.3 is 29.6 Å². The zero-order chi connectivity index (χ0) is 17.0. The van der Waals surface area contributed by atoms with Crippen LogP contribution in [0, 0.1) is 0 Å². The van der Waals surface area contributed by atoms with Gasteiger partial charge in [0.05, 0.1) is 17.7 Å². The number of aromatic nitrogens is 4. The predicted molar refractivity (Wildman–Crippen MR) is 73.6 cm³/mol. The topological polar surface area (TPSA) is 134 Å². The van der Waals surface area contributed by atoms with Crippen LogP contribution in [-0.2, 0) is 26.2 Å². The Bertz CT molecular complexity index is 784. The fourth-order valence-corrected chi connectivity index (χ4v) is 4.20. The van der Waals surface area contributed by atoms with Crippen LogP contribution >= 0.6 is 11.8 Å². The van der Waals surface area contributed by atoms with Crippen LogP contribution in [-0.4, -0.2) is 79.0 Å². The molecular formula is C12H11N6NaO5S. The van der Waals surface area contributed by atoms with Crippen molar-refractivity contribution in [3.63, 3.8) is 0 Å². The molecule has 1 unspecified atom stereocenters. The maximum absolute atomic E-state index is 12.3. The monoisotopic (exact) mass is 374 g/mol. The number of hydrogen-bond donors (Lipinski definition) is 0. The van der Waals surface area contributed by atoms with Crippen LogP contribution in [0.5, 0.6) is 0 Å². The van der Waals surface area contributed by atoms with E-state index in [0.29, 0.717) is 17.1 Å². The van der Waals surface area contributed by atoms with Crippen LogP contribution in [0.25, 0.3) is 0 Å². The van der Waals surface area contributed by atoms with Crippen molar-refractivity contribution in [2.75, 3.05) is 12.5 Å². The summed E-state index contributed by atoms with van der Waals surface area (Å²) in [5, 5.41) is 23.1. The Morgan fingerprint density at radius 1 is 1.52 bits per heavy atom. The van der Waals surface area contributed by atoms with Crippen molar-refractivity contribution in [2.45, 2.75) is 23.3 Å². The molecule has 1 aromatic rings. The Morgan fingerprint density at radius 2 is 2.28 bits per heavy atom. The van der Waals surface area contributed by atoms with Crippen molar-refractivity contribution in [2.24, 2.45) is 7.05 Å². The van der Waals surface area contributed by atoms with Crippen LogP contribution in [0.4, 0.5) is 0 Å². The van der Waals surface area contributed by atoms with Crippen LogP contribution in [0.3, 0.4) is 0 Å². The standard InChI is InChI=1S/C12H12N6O5S.Na/c1-16-12(13-14-15-16)24-2-5-6(11(21)22)18-7-8(10(18)20)17(3-19)4-23-9(5)7;/h3,7-9H,2,4H2,1H3,(H,21,22);/q;+1/p-1/t7-,8-,9?;/m0./s1. The fraction of sp³-hybridized carbons (Fsp3) is 0.500. The number of amides is 2. The van der Waals surface area contributed by atoms with Crippen LogP contribution < -0.4 is 34.7 Å². The molecule has 126 valence electrons. The van der Waals surface area contributed by atoms with E-state index >= 15 is 0 Å². The van der Waals surface area contributed by atoms with E-state index in [1.807, 2.05) is 0 Å².